The van der Waals surface area contributed by atoms with Gasteiger partial charge >= 0.3 is 0 Å². The van der Waals surface area contributed by atoms with Gasteiger partial charge in [0.15, 0.2) is 0 Å². The highest BCUT2D eigenvalue weighted by molar-refractivity contribution is 5.95. The van der Waals surface area contributed by atoms with Gasteiger partial charge in [0.05, 0.1) is 11.1 Å². The molecule has 2 rings (SSSR count). The summed E-state index contributed by atoms with van der Waals surface area (Å²) >= 11 is 0. The summed E-state index contributed by atoms with van der Waals surface area (Å²) in [7, 11) is 0. The molecule has 0 saturated heterocycles. The van der Waals surface area contributed by atoms with Crippen LogP contribution in [-0.2, 0) is 5.54 Å². The molecule has 0 aromatic carbocycles. The van der Waals surface area contributed by atoms with Gasteiger partial charge in [-0.15, -0.1) is 0 Å². The molecule has 0 aliphatic carbocycles. The summed E-state index contributed by atoms with van der Waals surface area (Å²) in [6.07, 6.45) is 4.63. The molecule has 2 heterocycles. The Balaban J connectivity index is 2.20. The number of rotatable bonds is 3. The van der Waals surface area contributed by atoms with Crippen molar-refractivity contribution in [2.45, 2.75) is 26.3 Å². The quantitative estimate of drug-likeness (QED) is 0.850. The fourth-order valence-electron chi connectivity index (χ4n) is 1.62. The van der Waals surface area contributed by atoms with Crippen LogP contribution in [0.5, 0.6) is 0 Å². The van der Waals surface area contributed by atoms with Crippen LogP contribution in [0, 0.1) is 6.92 Å². The van der Waals surface area contributed by atoms with E-state index in [0.717, 1.165) is 5.56 Å². The van der Waals surface area contributed by atoms with Crippen LogP contribution >= 0.6 is 0 Å². The van der Waals surface area contributed by atoms with Crippen molar-refractivity contribution in [3.8, 4) is 0 Å². The Hall–Kier alpha value is -2.24. The average molecular weight is 245 g/mol. The van der Waals surface area contributed by atoms with Gasteiger partial charge in [0.2, 0.25) is 0 Å². The lowest BCUT2D eigenvalue weighted by molar-refractivity contribution is 0.0907. The molecule has 0 spiro atoms. The van der Waals surface area contributed by atoms with Crippen molar-refractivity contribution in [1.29, 1.82) is 0 Å². The van der Waals surface area contributed by atoms with Gasteiger partial charge < -0.3 is 5.32 Å². The predicted octanol–water partition coefficient (Wildman–Crippen LogP) is 1.17. The Labute approximate surface area is 105 Å². The molecule has 0 radical (unpaired) electrons. The number of H-pyrrole nitrogens is 1. The van der Waals surface area contributed by atoms with Gasteiger partial charge in [-0.3, -0.25) is 14.9 Å². The number of pyridine rings is 1. The van der Waals surface area contributed by atoms with Gasteiger partial charge in [-0.05, 0) is 32.4 Å². The lowest BCUT2D eigenvalue weighted by Crippen LogP contribution is -2.42. The Kier molecular flexibility index (Phi) is 3.10. The highest BCUT2D eigenvalue weighted by atomic mass is 16.1. The number of carbonyl (C=O) groups is 1. The lowest BCUT2D eigenvalue weighted by Gasteiger charge is -2.23. The van der Waals surface area contributed by atoms with Gasteiger partial charge in [0.25, 0.3) is 5.91 Å². The summed E-state index contributed by atoms with van der Waals surface area (Å²) in [5.41, 5.74) is 0.830. The van der Waals surface area contributed by atoms with E-state index in [1.807, 2.05) is 20.8 Å². The van der Waals surface area contributed by atoms with Crippen LogP contribution in [-0.4, -0.2) is 26.1 Å². The Bertz CT molecular complexity index is 547. The van der Waals surface area contributed by atoms with Crippen molar-refractivity contribution in [1.82, 2.24) is 25.5 Å². The normalized spacial score (nSPS) is 11.3. The van der Waals surface area contributed by atoms with Crippen molar-refractivity contribution in [3.05, 3.63) is 41.7 Å². The third kappa shape index (κ3) is 2.37. The van der Waals surface area contributed by atoms with E-state index in [1.54, 1.807) is 18.5 Å². The number of aryl methyl sites for hydroxylation is 1. The fraction of sp³-hybridized carbons (Fsp3) is 0.333. The highest BCUT2D eigenvalue weighted by Crippen LogP contribution is 2.16. The molecule has 0 bridgehead atoms. The second kappa shape index (κ2) is 4.56. The van der Waals surface area contributed by atoms with Gasteiger partial charge in [-0.1, -0.05) is 0 Å². The van der Waals surface area contributed by atoms with Gasteiger partial charge in [0, 0.05) is 12.4 Å². The van der Waals surface area contributed by atoms with Crippen LogP contribution in [0.15, 0.2) is 24.8 Å². The van der Waals surface area contributed by atoms with Crippen LogP contribution in [0.1, 0.15) is 35.6 Å². The topological polar surface area (TPSA) is 83.6 Å². The van der Waals surface area contributed by atoms with Crippen LogP contribution in [0.2, 0.25) is 0 Å². The van der Waals surface area contributed by atoms with Crippen LogP contribution in [0.3, 0.4) is 0 Å². The number of nitrogens with one attached hydrogen (secondary N) is 2. The highest BCUT2D eigenvalue weighted by Gasteiger charge is 2.26. The number of hydrogen-bond acceptors (Lipinski definition) is 4. The van der Waals surface area contributed by atoms with E-state index in [4.69, 9.17) is 0 Å². The molecule has 0 unspecified atom stereocenters. The molecule has 2 aromatic rings. The molecule has 18 heavy (non-hydrogen) atoms. The number of amides is 1. The van der Waals surface area contributed by atoms with E-state index in [9.17, 15) is 4.79 Å². The molecule has 0 fully saturated rings. The van der Waals surface area contributed by atoms with E-state index >= 15 is 0 Å². The van der Waals surface area contributed by atoms with E-state index < -0.39 is 5.54 Å². The summed E-state index contributed by atoms with van der Waals surface area (Å²) in [6.45, 7) is 5.59. The van der Waals surface area contributed by atoms with Crippen molar-refractivity contribution in [2.24, 2.45) is 0 Å². The lowest BCUT2D eigenvalue weighted by atomic mass is 10.0. The molecule has 2 N–H and O–H groups in total. The summed E-state index contributed by atoms with van der Waals surface area (Å²) in [4.78, 5) is 20.2. The van der Waals surface area contributed by atoms with E-state index in [-0.39, 0.29) is 5.91 Å². The number of hydrogen-bond donors (Lipinski definition) is 2. The average Bonchev–Trinajstić information content (AvgIpc) is 2.82. The minimum Gasteiger partial charge on any atom is -0.340 e. The molecule has 94 valence electrons. The maximum Gasteiger partial charge on any atom is 0.253 e. The van der Waals surface area contributed by atoms with E-state index in [2.05, 4.69) is 25.5 Å². The molecule has 0 atom stereocenters. The summed E-state index contributed by atoms with van der Waals surface area (Å²) in [6, 6.07) is 1.80. The molecule has 1 amide bonds. The maximum atomic E-state index is 12.2. The van der Waals surface area contributed by atoms with E-state index in [1.165, 1.54) is 6.33 Å². The van der Waals surface area contributed by atoms with Crippen molar-refractivity contribution >= 4 is 5.91 Å². The first-order valence-corrected chi connectivity index (χ1v) is 5.59. The van der Waals surface area contributed by atoms with Crippen LogP contribution in [0.4, 0.5) is 0 Å². The van der Waals surface area contributed by atoms with Crippen LogP contribution in [0.25, 0.3) is 0 Å². The second-order valence-electron chi connectivity index (χ2n) is 4.60. The van der Waals surface area contributed by atoms with Gasteiger partial charge in [-0.2, -0.15) is 5.10 Å². The van der Waals surface area contributed by atoms with Crippen LogP contribution < -0.4 is 5.32 Å². The first-order chi connectivity index (χ1) is 8.50. The van der Waals surface area contributed by atoms with Crippen molar-refractivity contribution < 1.29 is 4.79 Å². The minimum atomic E-state index is -0.615. The Morgan fingerprint density at radius 1 is 1.44 bits per heavy atom. The number of aromatic amines is 1. The summed E-state index contributed by atoms with van der Waals surface area (Å²) in [5.74, 6) is 0.430. The number of carbonyl (C=O) groups excluding carboxylic acids is 1. The third-order valence-electron chi connectivity index (χ3n) is 2.72. The smallest absolute Gasteiger partial charge is 0.253 e. The SMILES string of the molecule is Cc1ccncc1C(=O)NC(C)(C)c1ncn[nH]1. The Morgan fingerprint density at radius 2 is 2.22 bits per heavy atom. The second-order valence-corrected chi connectivity index (χ2v) is 4.60. The molecule has 0 aliphatic rings. The van der Waals surface area contributed by atoms with Gasteiger partial charge in [0.1, 0.15) is 12.2 Å². The number of aromatic nitrogens is 4. The standard InChI is InChI=1S/C12H15N5O/c1-8-4-5-13-6-9(8)10(18)16-12(2,3)11-14-7-15-17-11/h4-7H,1-3H3,(H,16,18)(H,14,15,17). The first kappa shape index (κ1) is 12.2. The number of nitrogens with zero attached hydrogens (tertiary/aromatic N) is 3. The minimum absolute atomic E-state index is 0.179. The van der Waals surface area contributed by atoms with Crippen molar-refractivity contribution in [3.63, 3.8) is 0 Å². The molecule has 0 aliphatic heterocycles. The van der Waals surface area contributed by atoms with Crippen molar-refractivity contribution in [2.75, 3.05) is 0 Å². The molecule has 0 saturated carbocycles. The zero-order chi connectivity index (χ0) is 13.2. The largest absolute Gasteiger partial charge is 0.340 e. The molecule has 6 heteroatoms. The Morgan fingerprint density at radius 3 is 2.83 bits per heavy atom. The van der Waals surface area contributed by atoms with Gasteiger partial charge in [-0.25, -0.2) is 4.98 Å². The zero-order valence-electron chi connectivity index (χ0n) is 10.6. The zero-order valence-corrected chi connectivity index (χ0v) is 10.6. The summed E-state index contributed by atoms with van der Waals surface area (Å²) < 4.78 is 0. The summed E-state index contributed by atoms with van der Waals surface area (Å²) in [5, 5.41) is 9.45. The molecular weight excluding hydrogens is 230 g/mol. The van der Waals surface area contributed by atoms with E-state index in [0.29, 0.717) is 11.4 Å². The molecular formula is C12H15N5O. The molecule has 2 aromatic heterocycles. The monoisotopic (exact) mass is 245 g/mol. The maximum absolute atomic E-state index is 12.2. The fourth-order valence-corrected chi connectivity index (χ4v) is 1.62. The molecule has 6 nitrogen and oxygen atoms in total. The third-order valence-corrected chi connectivity index (χ3v) is 2.72. The first-order valence-electron chi connectivity index (χ1n) is 5.59. The predicted molar refractivity (Wildman–Crippen MR) is 65.8 cm³/mol.